The first-order valence-corrected chi connectivity index (χ1v) is 5.65. The van der Waals surface area contributed by atoms with Gasteiger partial charge >= 0.3 is 0 Å². The molecule has 1 aliphatic rings. The molecule has 0 radical (unpaired) electrons. The topological polar surface area (TPSA) is 43.8 Å². The molecule has 1 heterocycles. The molecule has 82 valence electrons. The summed E-state index contributed by atoms with van der Waals surface area (Å²) in [5, 5.41) is 0. The molecule has 2 N–H and O–H groups in total. The van der Waals surface area contributed by atoms with Gasteiger partial charge in [-0.25, -0.2) is 4.98 Å². The standard InChI is InChI=1S/C13H15N3/c1-9-2-5-11(14)8-12(9)16-7-6-15-13(16)10-3-4-10/h2,5-8,10H,3-4,14H2,1H3. The summed E-state index contributed by atoms with van der Waals surface area (Å²) in [6, 6.07) is 6.01. The Kier molecular flexibility index (Phi) is 1.99. The molecule has 1 aromatic carbocycles. The van der Waals surface area contributed by atoms with Gasteiger partial charge in [-0.2, -0.15) is 0 Å². The molecule has 0 amide bonds. The molecular formula is C13H15N3. The fourth-order valence-corrected chi connectivity index (χ4v) is 2.05. The van der Waals surface area contributed by atoms with Crippen LogP contribution >= 0.6 is 0 Å². The molecule has 0 aliphatic heterocycles. The second kappa shape index (κ2) is 3.37. The van der Waals surface area contributed by atoms with Crippen LogP contribution in [0.15, 0.2) is 30.6 Å². The molecule has 1 aromatic heterocycles. The Hall–Kier alpha value is -1.77. The van der Waals surface area contributed by atoms with Crippen molar-refractivity contribution in [1.29, 1.82) is 0 Å². The molecule has 3 rings (SSSR count). The van der Waals surface area contributed by atoms with E-state index in [-0.39, 0.29) is 0 Å². The summed E-state index contributed by atoms with van der Waals surface area (Å²) in [6.07, 6.45) is 6.42. The minimum Gasteiger partial charge on any atom is -0.399 e. The molecule has 3 heteroatoms. The summed E-state index contributed by atoms with van der Waals surface area (Å²) < 4.78 is 2.17. The molecule has 0 bridgehead atoms. The van der Waals surface area contributed by atoms with Gasteiger partial charge in [-0.05, 0) is 37.5 Å². The van der Waals surface area contributed by atoms with Crippen molar-refractivity contribution in [2.45, 2.75) is 25.7 Å². The minimum atomic E-state index is 0.649. The second-order valence-electron chi connectivity index (χ2n) is 4.48. The number of anilines is 1. The molecular weight excluding hydrogens is 198 g/mol. The summed E-state index contributed by atoms with van der Waals surface area (Å²) in [5.41, 5.74) is 9.03. The van der Waals surface area contributed by atoms with E-state index < -0.39 is 0 Å². The third-order valence-corrected chi connectivity index (χ3v) is 3.10. The average molecular weight is 213 g/mol. The molecule has 0 atom stereocenters. The number of imidazole rings is 1. The van der Waals surface area contributed by atoms with Gasteiger partial charge in [0.2, 0.25) is 0 Å². The van der Waals surface area contributed by atoms with Crippen molar-refractivity contribution in [1.82, 2.24) is 9.55 Å². The van der Waals surface area contributed by atoms with Crippen LogP contribution in [0.2, 0.25) is 0 Å². The molecule has 1 aliphatic carbocycles. The smallest absolute Gasteiger partial charge is 0.116 e. The molecule has 0 spiro atoms. The maximum absolute atomic E-state index is 5.84. The van der Waals surface area contributed by atoms with E-state index in [1.807, 2.05) is 24.5 Å². The van der Waals surface area contributed by atoms with Gasteiger partial charge in [-0.3, -0.25) is 0 Å². The highest BCUT2D eigenvalue weighted by Gasteiger charge is 2.28. The maximum Gasteiger partial charge on any atom is 0.116 e. The Labute approximate surface area is 94.9 Å². The molecule has 0 saturated heterocycles. The number of hydrogen-bond donors (Lipinski definition) is 1. The van der Waals surface area contributed by atoms with Crippen LogP contribution in [0.1, 0.15) is 30.1 Å². The Morgan fingerprint density at radius 1 is 1.38 bits per heavy atom. The van der Waals surface area contributed by atoms with E-state index >= 15 is 0 Å². The Bertz CT molecular complexity index is 524. The van der Waals surface area contributed by atoms with E-state index in [1.165, 1.54) is 24.2 Å². The van der Waals surface area contributed by atoms with Crippen LogP contribution in [0.5, 0.6) is 0 Å². The minimum absolute atomic E-state index is 0.649. The summed E-state index contributed by atoms with van der Waals surface area (Å²) in [5.74, 6) is 1.82. The van der Waals surface area contributed by atoms with Gasteiger partial charge < -0.3 is 10.3 Å². The molecule has 1 saturated carbocycles. The first-order valence-electron chi connectivity index (χ1n) is 5.65. The lowest BCUT2D eigenvalue weighted by Crippen LogP contribution is -2.02. The van der Waals surface area contributed by atoms with E-state index in [2.05, 4.69) is 22.5 Å². The van der Waals surface area contributed by atoms with Gasteiger partial charge in [0.25, 0.3) is 0 Å². The highest BCUT2D eigenvalue weighted by molar-refractivity contribution is 5.53. The average Bonchev–Trinajstić information content (AvgIpc) is 3.01. The fourth-order valence-electron chi connectivity index (χ4n) is 2.05. The fraction of sp³-hybridized carbons (Fsp3) is 0.308. The number of benzene rings is 1. The molecule has 1 fully saturated rings. The van der Waals surface area contributed by atoms with E-state index in [4.69, 9.17) is 5.73 Å². The Morgan fingerprint density at radius 3 is 2.94 bits per heavy atom. The lowest BCUT2D eigenvalue weighted by molar-refractivity contribution is 0.875. The van der Waals surface area contributed by atoms with E-state index in [0.29, 0.717) is 5.92 Å². The normalized spacial score (nSPS) is 15.3. The number of hydrogen-bond acceptors (Lipinski definition) is 2. The molecule has 2 aromatic rings. The van der Waals surface area contributed by atoms with Crippen molar-refractivity contribution >= 4 is 5.69 Å². The first-order chi connectivity index (χ1) is 7.75. The van der Waals surface area contributed by atoms with Crippen molar-refractivity contribution in [3.63, 3.8) is 0 Å². The largest absolute Gasteiger partial charge is 0.399 e. The molecule has 16 heavy (non-hydrogen) atoms. The monoisotopic (exact) mass is 213 g/mol. The molecule has 0 unspecified atom stereocenters. The highest BCUT2D eigenvalue weighted by Crippen LogP contribution is 2.40. The van der Waals surface area contributed by atoms with E-state index in [1.54, 1.807) is 0 Å². The summed E-state index contributed by atoms with van der Waals surface area (Å²) >= 11 is 0. The number of aryl methyl sites for hydroxylation is 1. The summed E-state index contributed by atoms with van der Waals surface area (Å²) in [6.45, 7) is 2.10. The van der Waals surface area contributed by atoms with Crippen LogP contribution in [-0.4, -0.2) is 9.55 Å². The van der Waals surface area contributed by atoms with Crippen LogP contribution in [-0.2, 0) is 0 Å². The van der Waals surface area contributed by atoms with Crippen molar-refractivity contribution in [3.8, 4) is 5.69 Å². The quantitative estimate of drug-likeness (QED) is 0.779. The number of nitrogens with two attached hydrogens (primary N) is 1. The van der Waals surface area contributed by atoms with Gasteiger partial charge in [-0.1, -0.05) is 6.07 Å². The second-order valence-corrected chi connectivity index (χ2v) is 4.48. The van der Waals surface area contributed by atoms with Crippen LogP contribution in [0.4, 0.5) is 5.69 Å². The lowest BCUT2D eigenvalue weighted by Gasteiger charge is -2.11. The van der Waals surface area contributed by atoms with Crippen LogP contribution in [0.3, 0.4) is 0 Å². The third-order valence-electron chi connectivity index (χ3n) is 3.10. The maximum atomic E-state index is 5.84. The Balaban J connectivity index is 2.13. The van der Waals surface area contributed by atoms with Crippen LogP contribution in [0.25, 0.3) is 5.69 Å². The zero-order chi connectivity index (χ0) is 11.1. The SMILES string of the molecule is Cc1ccc(N)cc1-n1ccnc1C1CC1. The van der Waals surface area contributed by atoms with Gasteiger partial charge in [0.1, 0.15) is 5.82 Å². The highest BCUT2D eigenvalue weighted by atomic mass is 15.1. The van der Waals surface area contributed by atoms with Gasteiger partial charge in [0.05, 0.1) is 5.69 Å². The zero-order valence-electron chi connectivity index (χ0n) is 9.35. The zero-order valence-corrected chi connectivity index (χ0v) is 9.35. The molecule has 3 nitrogen and oxygen atoms in total. The lowest BCUT2D eigenvalue weighted by atomic mass is 10.1. The number of nitrogen functional groups attached to an aromatic ring is 1. The van der Waals surface area contributed by atoms with Crippen LogP contribution < -0.4 is 5.73 Å². The van der Waals surface area contributed by atoms with Gasteiger partial charge in [0, 0.05) is 24.0 Å². The van der Waals surface area contributed by atoms with Gasteiger partial charge in [-0.15, -0.1) is 0 Å². The van der Waals surface area contributed by atoms with E-state index in [0.717, 1.165) is 11.4 Å². The van der Waals surface area contributed by atoms with Crippen LogP contribution in [0, 0.1) is 6.92 Å². The third kappa shape index (κ3) is 1.48. The van der Waals surface area contributed by atoms with Gasteiger partial charge in [0.15, 0.2) is 0 Å². The van der Waals surface area contributed by atoms with E-state index in [9.17, 15) is 0 Å². The van der Waals surface area contributed by atoms with Crippen molar-refractivity contribution < 1.29 is 0 Å². The summed E-state index contributed by atoms with van der Waals surface area (Å²) in [4.78, 5) is 4.45. The predicted octanol–water partition coefficient (Wildman–Crippen LogP) is 2.64. The Morgan fingerprint density at radius 2 is 2.19 bits per heavy atom. The predicted molar refractivity (Wildman–Crippen MR) is 64.7 cm³/mol. The number of aromatic nitrogens is 2. The first kappa shape index (κ1) is 9.46. The number of rotatable bonds is 2. The van der Waals surface area contributed by atoms with Crippen molar-refractivity contribution in [3.05, 3.63) is 42.0 Å². The summed E-state index contributed by atoms with van der Waals surface area (Å²) in [7, 11) is 0. The number of nitrogens with zero attached hydrogens (tertiary/aromatic N) is 2. The van der Waals surface area contributed by atoms with Crippen molar-refractivity contribution in [2.24, 2.45) is 0 Å². The van der Waals surface area contributed by atoms with Crippen molar-refractivity contribution in [2.75, 3.05) is 5.73 Å².